The highest BCUT2D eigenvalue weighted by molar-refractivity contribution is 5.87. The molecule has 0 aromatic carbocycles. The van der Waals surface area contributed by atoms with Crippen molar-refractivity contribution in [3.63, 3.8) is 0 Å². The van der Waals surface area contributed by atoms with Gasteiger partial charge < -0.3 is 19.3 Å². The summed E-state index contributed by atoms with van der Waals surface area (Å²) in [5.41, 5.74) is 1.57. The number of aromatic nitrogens is 1. The van der Waals surface area contributed by atoms with Crippen LogP contribution in [0.4, 0.5) is 10.5 Å². The van der Waals surface area contributed by atoms with Crippen LogP contribution in [0, 0.1) is 6.92 Å². The molecule has 1 fully saturated rings. The summed E-state index contributed by atoms with van der Waals surface area (Å²) in [5, 5.41) is 0. The fourth-order valence-corrected chi connectivity index (χ4v) is 2.66. The van der Waals surface area contributed by atoms with Crippen molar-refractivity contribution in [1.82, 2.24) is 9.88 Å². The van der Waals surface area contributed by atoms with E-state index in [0.29, 0.717) is 38.5 Å². The zero-order valence-electron chi connectivity index (χ0n) is 19.7. The van der Waals surface area contributed by atoms with Crippen LogP contribution in [-0.4, -0.2) is 60.3 Å². The van der Waals surface area contributed by atoms with E-state index in [1.165, 1.54) is 0 Å². The molecule has 1 saturated heterocycles. The molecule has 0 spiro atoms. The van der Waals surface area contributed by atoms with Crippen molar-refractivity contribution in [2.24, 2.45) is 0 Å². The highest BCUT2D eigenvalue weighted by Gasteiger charge is 2.26. The minimum Gasteiger partial charge on any atom is -0.461 e. The van der Waals surface area contributed by atoms with Gasteiger partial charge in [0.05, 0.1) is 18.0 Å². The zero-order valence-corrected chi connectivity index (χ0v) is 19.7. The maximum atomic E-state index is 12.1. The average molecular weight is 410 g/mol. The van der Waals surface area contributed by atoms with Gasteiger partial charge in [-0.25, -0.2) is 14.6 Å². The molecular formula is C22H39N3O4. The molecule has 0 atom stereocenters. The molecule has 1 amide bonds. The molecule has 7 heteroatoms. The Kier molecular flexibility index (Phi) is 12.0. The zero-order chi connectivity index (χ0) is 22.6. The van der Waals surface area contributed by atoms with Crippen LogP contribution in [0.1, 0.15) is 71.6 Å². The van der Waals surface area contributed by atoms with Gasteiger partial charge in [0, 0.05) is 26.2 Å². The van der Waals surface area contributed by atoms with Crippen LogP contribution >= 0.6 is 0 Å². The summed E-state index contributed by atoms with van der Waals surface area (Å²) in [7, 11) is 0. The van der Waals surface area contributed by atoms with Crippen LogP contribution in [0.3, 0.4) is 0 Å². The highest BCUT2D eigenvalue weighted by atomic mass is 16.6. The minimum absolute atomic E-state index is 0.278. The lowest BCUT2D eigenvalue weighted by Gasteiger charge is -2.37. The molecule has 1 aromatic rings. The normalized spacial score (nSPS) is 13.4. The molecule has 0 radical (unpaired) electrons. The molecule has 0 unspecified atom stereocenters. The van der Waals surface area contributed by atoms with Crippen molar-refractivity contribution < 1.29 is 19.1 Å². The van der Waals surface area contributed by atoms with E-state index in [-0.39, 0.29) is 6.09 Å². The number of hydrogen-bond donors (Lipinski definition) is 0. The Morgan fingerprint density at radius 1 is 1.03 bits per heavy atom. The molecule has 2 rings (SSSR count). The maximum Gasteiger partial charge on any atom is 0.410 e. The van der Waals surface area contributed by atoms with Crippen molar-refractivity contribution in [2.75, 3.05) is 37.7 Å². The number of amides is 1. The number of hydrogen-bond acceptors (Lipinski definition) is 6. The molecule has 0 aliphatic carbocycles. The topological polar surface area (TPSA) is 72.0 Å². The number of carbonyl (C=O) groups excluding carboxylic acids is 2. The second kappa shape index (κ2) is 13.0. The minimum atomic E-state index is -0.488. The molecule has 29 heavy (non-hydrogen) atoms. The third-order valence-electron chi connectivity index (χ3n) is 3.81. The second-order valence-electron chi connectivity index (χ2n) is 6.98. The van der Waals surface area contributed by atoms with E-state index < -0.39 is 11.6 Å². The Morgan fingerprint density at radius 3 is 2.03 bits per heavy atom. The fourth-order valence-electron chi connectivity index (χ4n) is 2.66. The Morgan fingerprint density at radius 2 is 1.59 bits per heavy atom. The first-order valence-corrected chi connectivity index (χ1v) is 10.6. The summed E-state index contributed by atoms with van der Waals surface area (Å²) in [6.45, 7) is 20.1. The number of carbonyl (C=O) groups is 2. The van der Waals surface area contributed by atoms with Crippen molar-refractivity contribution in [3.05, 3.63) is 23.5 Å². The van der Waals surface area contributed by atoms with E-state index in [1.807, 2.05) is 61.5 Å². The number of ether oxygens (including phenoxy) is 2. The van der Waals surface area contributed by atoms with E-state index in [2.05, 4.69) is 9.88 Å². The van der Waals surface area contributed by atoms with Crippen molar-refractivity contribution in [1.29, 1.82) is 0 Å². The smallest absolute Gasteiger partial charge is 0.410 e. The van der Waals surface area contributed by atoms with Gasteiger partial charge in [0.15, 0.2) is 0 Å². The highest BCUT2D eigenvalue weighted by Crippen LogP contribution is 2.21. The molecule has 1 aliphatic heterocycles. The lowest BCUT2D eigenvalue weighted by atomic mass is 10.2. The molecule has 0 N–H and O–H groups in total. The molecule has 7 nitrogen and oxygen atoms in total. The van der Waals surface area contributed by atoms with Crippen molar-refractivity contribution in [2.45, 2.75) is 67.9 Å². The predicted molar refractivity (Wildman–Crippen MR) is 118 cm³/mol. The molecule has 2 heterocycles. The van der Waals surface area contributed by atoms with E-state index >= 15 is 0 Å². The first-order valence-electron chi connectivity index (χ1n) is 10.6. The van der Waals surface area contributed by atoms with Gasteiger partial charge in [-0.15, -0.1) is 0 Å². The number of anilines is 1. The Bertz CT molecular complexity index is 633. The second-order valence-corrected chi connectivity index (χ2v) is 6.98. The lowest BCUT2D eigenvalue weighted by Crippen LogP contribution is -2.50. The van der Waals surface area contributed by atoms with Gasteiger partial charge in [-0.1, -0.05) is 27.7 Å². The third kappa shape index (κ3) is 8.71. The van der Waals surface area contributed by atoms with Crippen LogP contribution < -0.4 is 4.90 Å². The van der Waals surface area contributed by atoms with E-state index in [9.17, 15) is 9.59 Å². The number of piperazine rings is 1. The molecule has 0 bridgehead atoms. The third-order valence-corrected chi connectivity index (χ3v) is 3.81. The number of pyridine rings is 1. The van der Waals surface area contributed by atoms with Crippen molar-refractivity contribution in [3.8, 4) is 0 Å². The van der Waals surface area contributed by atoms with Crippen LogP contribution in [0.25, 0.3) is 0 Å². The summed E-state index contributed by atoms with van der Waals surface area (Å²) < 4.78 is 10.4. The summed E-state index contributed by atoms with van der Waals surface area (Å²) in [4.78, 5) is 32.1. The monoisotopic (exact) mass is 409 g/mol. The van der Waals surface area contributed by atoms with Gasteiger partial charge in [0.25, 0.3) is 0 Å². The standard InChI is InChI=1S/C18H27N3O4.2C2H6/c1-6-24-16(22)14-7-8-15(13(2)19-14)20-9-11-21(12-10-20)17(23)25-18(3,4)5;2*1-2/h7-8H,6,9-12H2,1-5H3;2*1-2H3. The predicted octanol–water partition coefficient (Wildman–Crippen LogP) is 4.68. The van der Waals surface area contributed by atoms with Gasteiger partial charge in [0.2, 0.25) is 0 Å². The molecule has 166 valence electrons. The van der Waals surface area contributed by atoms with E-state index in [1.54, 1.807) is 17.9 Å². The van der Waals surface area contributed by atoms with E-state index in [0.717, 1.165) is 11.4 Å². The lowest BCUT2D eigenvalue weighted by molar-refractivity contribution is 0.0240. The van der Waals surface area contributed by atoms with Gasteiger partial charge >= 0.3 is 12.1 Å². The number of aryl methyl sites for hydroxylation is 1. The van der Waals surface area contributed by atoms with Crippen LogP contribution in [0.5, 0.6) is 0 Å². The first-order chi connectivity index (χ1) is 13.7. The molecular weight excluding hydrogens is 370 g/mol. The fraction of sp³-hybridized carbons (Fsp3) is 0.682. The summed E-state index contributed by atoms with van der Waals surface area (Å²) in [6, 6.07) is 3.57. The van der Waals surface area contributed by atoms with Gasteiger partial charge in [-0.3, -0.25) is 0 Å². The van der Waals surface area contributed by atoms with Crippen LogP contribution in [-0.2, 0) is 9.47 Å². The first kappa shape index (κ1) is 26.7. The van der Waals surface area contributed by atoms with Crippen molar-refractivity contribution >= 4 is 17.7 Å². The molecule has 0 saturated carbocycles. The quantitative estimate of drug-likeness (QED) is 0.675. The van der Waals surface area contributed by atoms with E-state index in [4.69, 9.17) is 9.47 Å². The van der Waals surface area contributed by atoms with Crippen LogP contribution in [0.2, 0.25) is 0 Å². The summed E-state index contributed by atoms with van der Waals surface area (Å²) in [5.74, 6) is -0.410. The van der Waals surface area contributed by atoms with Gasteiger partial charge in [-0.2, -0.15) is 0 Å². The number of nitrogens with zero attached hydrogens (tertiary/aromatic N) is 3. The Balaban J connectivity index is 0.00000184. The number of esters is 1. The molecule has 1 aromatic heterocycles. The Hall–Kier alpha value is -2.31. The average Bonchev–Trinajstić information content (AvgIpc) is 2.70. The number of rotatable bonds is 3. The van der Waals surface area contributed by atoms with Gasteiger partial charge in [-0.05, 0) is 46.8 Å². The SMILES string of the molecule is CC.CC.CCOC(=O)c1ccc(N2CCN(C(=O)OC(C)(C)C)CC2)c(C)n1. The largest absolute Gasteiger partial charge is 0.461 e. The van der Waals surface area contributed by atoms with Crippen LogP contribution in [0.15, 0.2) is 12.1 Å². The summed E-state index contributed by atoms with van der Waals surface area (Å²) >= 11 is 0. The van der Waals surface area contributed by atoms with Gasteiger partial charge in [0.1, 0.15) is 11.3 Å². The molecule has 1 aliphatic rings. The maximum absolute atomic E-state index is 12.1. The summed E-state index contributed by atoms with van der Waals surface area (Å²) in [6.07, 6.45) is -0.278. The Labute approximate surface area is 176 Å².